The van der Waals surface area contributed by atoms with Crippen molar-refractivity contribution in [3.05, 3.63) is 42.0 Å². The molecular weight excluding hydrogens is 270 g/mol. The third kappa shape index (κ3) is 3.25. The van der Waals surface area contributed by atoms with Crippen molar-refractivity contribution in [2.75, 3.05) is 18.1 Å². The Morgan fingerprint density at radius 2 is 2.05 bits per heavy atom. The molecule has 0 unspecified atom stereocenters. The smallest absolute Gasteiger partial charge is 0.136 e. The van der Waals surface area contributed by atoms with Crippen LogP contribution >= 0.6 is 11.8 Å². The second kappa shape index (κ2) is 7.20. The van der Waals surface area contributed by atoms with E-state index in [-0.39, 0.29) is 0 Å². The monoisotopic (exact) mass is 289 g/mol. The molecule has 3 nitrogen and oxygen atoms in total. The number of oxime groups is 1. The number of ether oxygens (including phenoxy) is 1. The SMILES string of the molecule is CCSCCOc1c(/C(C)=N/O)ccc2ccccc12. The maximum Gasteiger partial charge on any atom is 0.136 e. The largest absolute Gasteiger partial charge is 0.491 e. The summed E-state index contributed by atoms with van der Waals surface area (Å²) in [7, 11) is 0. The van der Waals surface area contributed by atoms with Crippen molar-refractivity contribution in [3.8, 4) is 5.75 Å². The summed E-state index contributed by atoms with van der Waals surface area (Å²) in [6, 6.07) is 12.0. The van der Waals surface area contributed by atoms with Crippen molar-refractivity contribution in [3.63, 3.8) is 0 Å². The number of rotatable bonds is 6. The highest BCUT2D eigenvalue weighted by atomic mass is 32.2. The zero-order valence-corrected chi connectivity index (χ0v) is 12.6. The van der Waals surface area contributed by atoms with E-state index < -0.39 is 0 Å². The van der Waals surface area contributed by atoms with Crippen molar-refractivity contribution < 1.29 is 9.94 Å². The molecule has 0 fully saturated rings. The van der Waals surface area contributed by atoms with Crippen molar-refractivity contribution in [1.29, 1.82) is 0 Å². The first-order valence-electron chi connectivity index (χ1n) is 6.69. The van der Waals surface area contributed by atoms with Gasteiger partial charge in [0.05, 0.1) is 12.3 Å². The first kappa shape index (κ1) is 14.7. The molecule has 0 spiro atoms. The first-order valence-corrected chi connectivity index (χ1v) is 7.84. The van der Waals surface area contributed by atoms with Crippen LogP contribution in [-0.2, 0) is 0 Å². The minimum atomic E-state index is 0.564. The fourth-order valence-corrected chi connectivity index (χ4v) is 2.57. The Morgan fingerprint density at radius 1 is 1.25 bits per heavy atom. The second-order valence-electron chi connectivity index (χ2n) is 4.39. The van der Waals surface area contributed by atoms with E-state index in [2.05, 4.69) is 18.1 Å². The molecule has 0 atom stereocenters. The van der Waals surface area contributed by atoms with Crippen molar-refractivity contribution in [1.82, 2.24) is 0 Å². The molecule has 0 heterocycles. The Balaban J connectivity index is 2.39. The van der Waals surface area contributed by atoms with Crippen molar-refractivity contribution in [2.24, 2.45) is 5.16 Å². The van der Waals surface area contributed by atoms with Gasteiger partial charge in [-0.3, -0.25) is 0 Å². The molecule has 20 heavy (non-hydrogen) atoms. The van der Waals surface area contributed by atoms with Gasteiger partial charge < -0.3 is 9.94 Å². The number of thioether (sulfide) groups is 1. The predicted octanol–water partition coefficient (Wildman–Crippen LogP) is 4.17. The summed E-state index contributed by atoms with van der Waals surface area (Å²) >= 11 is 1.85. The molecule has 0 saturated carbocycles. The Labute approximate surface area is 123 Å². The fourth-order valence-electron chi connectivity index (χ4n) is 2.08. The number of hydrogen-bond acceptors (Lipinski definition) is 4. The molecule has 0 aromatic heterocycles. The van der Waals surface area contributed by atoms with Crippen LogP contribution < -0.4 is 4.74 Å². The molecular formula is C16H19NO2S. The van der Waals surface area contributed by atoms with Gasteiger partial charge in [0.15, 0.2) is 0 Å². The lowest BCUT2D eigenvalue weighted by Crippen LogP contribution is -2.06. The lowest BCUT2D eigenvalue weighted by atomic mass is 10.0. The van der Waals surface area contributed by atoms with Gasteiger partial charge >= 0.3 is 0 Å². The molecule has 1 N–H and O–H groups in total. The normalized spacial score (nSPS) is 11.8. The van der Waals surface area contributed by atoms with Gasteiger partial charge in [0, 0.05) is 16.7 Å². The van der Waals surface area contributed by atoms with Gasteiger partial charge in [-0.25, -0.2) is 0 Å². The number of hydrogen-bond donors (Lipinski definition) is 1. The van der Waals surface area contributed by atoms with E-state index in [1.54, 1.807) is 6.92 Å². The Bertz CT molecular complexity index is 610. The van der Waals surface area contributed by atoms with E-state index in [1.165, 1.54) is 0 Å². The molecule has 2 rings (SSSR count). The first-order chi connectivity index (χ1) is 9.77. The summed E-state index contributed by atoms with van der Waals surface area (Å²) in [4.78, 5) is 0. The lowest BCUT2D eigenvalue weighted by molar-refractivity contribution is 0.318. The van der Waals surface area contributed by atoms with E-state index in [0.717, 1.165) is 33.6 Å². The molecule has 0 amide bonds. The summed E-state index contributed by atoms with van der Waals surface area (Å²) in [6.07, 6.45) is 0. The quantitative estimate of drug-likeness (QED) is 0.375. The molecule has 4 heteroatoms. The van der Waals surface area contributed by atoms with Crippen LogP contribution in [0.3, 0.4) is 0 Å². The Kier molecular flexibility index (Phi) is 5.30. The molecule has 0 aliphatic carbocycles. The van der Waals surface area contributed by atoms with Gasteiger partial charge in [-0.1, -0.05) is 42.4 Å². The van der Waals surface area contributed by atoms with Crippen molar-refractivity contribution >= 4 is 28.2 Å². The van der Waals surface area contributed by atoms with Gasteiger partial charge in [0.25, 0.3) is 0 Å². The molecule has 0 radical (unpaired) electrons. The van der Waals surface area contributed by atoms with E-state index in [4.69, 9.17) is 9.94 Å². The number of benzene rings is 2. The fraction of sp³-hybridized carbons (Fsp3) is 0.312. The second-order valence-corrected chi connectivity index (χ2v) is 5.79. The number of fused-ring (bicyclic) bond motifs is 1. The van der Waals surface area contributed by atoms with Crippen LogP contribution in [0.2, 0.25) is 0 Å². The zero-order valence-electron chi connectivity index (χ0n) is 11.8. The summed E-state index contributed by atoms with van der Waals surface area (Å²) in [5.41, 5.74) is 1.40. The molecule has 0 aliphatic rings. The van der Waals surface area contributed by atoms with E-state index in [1.807, 2.05) is 42.1 Å². The van der Waals surface area contributed by atoms with Crippen LogP contribution in [0.5, 0.6) is 5.75 Å². The van der Waals surface area contributed by atoms with Gasteiger partial charge in [0.2, 0.25) is 0 Å². The van der Waals surface area contributed by atoms with Crippen LogP contribution in [0.1, 0.15) is 19.4 Å². The average Bonchev–Trinajstić information content (AvgIpc) is 2.50. The molecule has 0 aliphatic heterocycles. The molecule has 106 valence electrons. The minimum Gasteiger partial charge on any atom is -0.491 e. The highest BCUT2D eigenvalue weighted by molar-refractivity contribution is 7.99. The van der Waals surface area contributed by atoms with Gasteiger partial charge in [-0.05, 0) is 24.1 Å². The van der Waals surface area contributed by atoms with Gasteiger partial charge in [0.1, 0.15) is 5.75 Å². The molecule has 0 bridgehead atoms. The maximum atomic E-state index is 9.02. The third-order valence-electron chi connectivity index (χ3n) is 3.10. The van der Waals surface area contributed by atoms with Crippen LogP contribution in [0.4, 0.5) is 0 Å². The zero-order chi connectivity index (χ0) is 14.4. The van der Waals surface area contributed by atoms with Crippen LogP contribution in [0.15, 0.2) is 41.6 Å². The molecule has 0 saturated heterocycles. The van der Waals surface area contributed by atoms with Gasteiger partial charge in [-0.15, -0.1) is 0 Å². The highest BCUT2D eigenvalue weighted by Crippen LogP contribution is 2.30. The van der Waals surface area contributed by atoms with E-state index in [9.17, 15) is 0 Å². The molecule has 2 aromatic carbocycles. The molecule has 2 aromatic rings. The Hall–Kier alpha value is -1.68. The highest BCUT2D eigenvalue weighted by Gasteiger charge is 2.11. The maximum absolute atomic E-state index is 9.02. The summed E-state index contributed by atoms with van der Waals surface area (Å²) in [6.45, 7) is 4.56. The minimum absolute atomic E-state index is 0.564. The average molecular weight is 289 g/mol. The van der Waals surface area contributed by atoms with Crippen LogP contribution in [0, 0.1) is 0 Å². The summed E-state index contributed by atoms with van der Waals surface area (Å²) in [5, 5.41) is 14.5. The van der Waals surface area contributed by atoms with E-state index >= 15 is 0 Å². The van der Waals surface area contributed by atoms with E-state index in [0.29, 0.717) is 12.3 Å². The Morgan fingerprint density at radius 3 is 2.80 bits per heavy atom. The van der Waals surface area contributed by atoms with Crippen LogP contribution in [0.25, 0.3) is 10.8 Å². The van der Waals surface area contributed by atoms with Crippen LogP contribution in [-0.4, -0.2) is 29.0 Å². The van der Waals surface area contributed by atoms with Crippen molar-refractivity contribution in [2.45, 2.75) is 13.8 Å². The standard InChI is InChI=1S/C16H19NO2S/c1-3-20-11-10-19-16-14(12(2)17-18)9-8-13-6-4-5-7-15(13)16/h4-9,18H,3,10-11H2,1-2H3/b17-12+. The topological polar surface area (TPSA) is 41.8 Å². The number of nitrogens with zero attached hydrogens (tertiary/aromatic N) is 1. The summed E-state index contributed by atoms with van der Waals surface area (Å²) in [5.74, 6) is 2.84. The summed E-state index contributed by atoms with van der Waals surface area (Å²) < 4.78 is 5.96. The lowest BCUT2D eigenvalue weighted by Gasteiger charge is -2.13. The predicted molar refractivity (Wildman–Crippen MR) is 86.4 cm³/mol. The third-order valence-corrected chi connectivity index (χ3v) is 3.96. The van der Waals surface area contributed by atoms with Gasteiger partial charge in [-0.2, -0.15) is 11.8 Å².